The smallest absolute Gasteiger partial charge is 0.0888 e. The molecule has 0 saturated heterocycles. The molecule has 2 unspecified atom stereocenters. The van der Waals surface area contributed by atoms with Gasteiger partial charge in [-0.3, -0.25) is 0 Å². The summed E-state index contributed by atoms with van der Waals surface area (Å²) < 4.78 is 0. The first-order chi connectivity index (χ1) is 10.6. The van der Waals surface area contributed by atoms with Crippen molar-refractivity contribution in [3.8, 4) is 0 Å². The Hall–Kier alpha value is -1.77. The molecule has 3 aromatic carbocycles. The number of benzene rings is 3. The third-order valence-electron chi connectivity index (χ3n) is 4.15. The number of aliphatic hydroxyl groups is 1. The molecular formula is C20H20OS. The average molecular weight is 308 g/mol. The average Bonchev–Trinajstić information content (AvgIpc) is 2.54. The van der Waals surface area contributed by atoms with Gasteiger partial charge >= 0.3 is 0 Å². The van der Waals surface area contributed by atoms with E-state index in [9.17, 15) is 5.11 Å². The van der Waals surface area contributed by atoms with Crippen molar-refractivity contribution >= 4 is 23.4 Å². The summed E-state index contributed by atoms with van der Waals surface area (Å²) in [6.45, 7) is 1.88. The fraction of sp³-hybridized carbons (Fsp3) is 0.200. The number of rotatable bonds is 4. The molecule has 1 nitrogen and oxygen atoms in total. The van der Waals surface area contributed by atoms with Crippen LogP contribution in [0.2, 0.25) is 0 Å². The first-order valence-electron chi connectivity index (χ1n) is 7.51. The molecular weight excluding hydrogens is 288 g/mol. The van der Waals surface area contributed by atoms with E-state index in [0.717, 1.165) is 21.9 Å². The zero-order valence-electron chi connectivity index (χ0n) is 12.6. The number of thiol groups is 1. The Bertz CT molecular complexity index is 760. The molecule has 1 N–H and O–H groups in total. The fourth-order valence-corrected chi connectivity index (χ4v) is 3.50. The van der Waals surface area contributed by atoms with Crippen LogP contribution in [0.3, 0.4) is 0 Å². The highest BCUT2D eigenvalue weighted by atomic mass is 32.1. The van der Waals surface area contributed by atoms with Crippen molar-refractivity contribution < 1.29 is 5.11 Å². The van der Waals surface area contributed by atoms with Crippen LogP contribution < -0.4 is 0 Å². The molecule has 0 amide bonds. The van der Waals surface area contributed by atoms with Crippen LogP contribution in [0, 0.1) is 0 Å². The molecule has 0 saturated carbocycles. The van der Waals surface area contributed by atoms with Gasteiger partial charge in [0.1, 0.15) is 0 Å². The van der Waals surface area contributed by atoms with Gasteiger partial charge in [-0.05, 0) is 35.2 Å². The van der Waals surface area contributed by atoms with Crippen LogP contribution >= 0.6 is 12.6 Å². The van der Waals surface area contributed by atoms with Gasteiger partial charge in [0.15, 0.2) is 0 Å². The first-order valence-corrected chi connectivity index (χ1v) is 8.03. The van der Waals surface area contributed by atoms with Crippen LogP contribution in [0.25, 0.3) is 10.8 Å². The van der Waals surface area contributed by atoms with Crippen LogP contribution in [0.4, 0.5) is 0 Å². The monoisotopic (exact) mass is 308 g/mol. The van der Waals surface area contributed by atoms with Crippen LogP contribution in [0.5, 0.6) is 0 Å². The quantitative estimate of drug-likeness (QED) is 0.642. The highest BCUT2D eigenvalue weighted by Crippen LogP contribution is 2.37. The molecule has 0 fully saturated rings. The summed E-state index contributed by atoms with van der Waals surface area (Å²) in [7, 11) is 0. The number of hydrogen-bond donors (Lipinski definition) is 2. The third kappa shape index (κ3) is 3.03. The van der Waals surface area contributed by atoms with Crippen LogP contribution in [0.15, 0.2) is 72.8 Å². The molecule has 2 atom stereocenters. The topological polar surface area (TPSA) is 20.2 Å². The molecule has 0 aliphatic carbocycles. The molecule has 0 radical (unpaired) electrons. The Kier molecular flexibility index (Phi) is 4.23. The maximum Gasteiger partial charge on any atom is 0.0888 e. The summed E-state index contributed by atoms with van der Waals surface area (Å²) in [4.78, 5) is 0. The van der Waals surface area contributed by atoms with Gasteiger partial charge < -0.3 is 5.11 Å². The van der Waals surface area contributed by atoms with E-state index >= 15 is 0 Å². The Morgan fingerprint density at radius 1 is 0.909 bits per heavy atom. The molecule has 0 aromatic heterocycles. The fourth-order valence-electron chi connectivity index (χ4n) is 2.97. The molecule has 0 heterocycles. The van der Waals surface area contributed by atoms with Gasteiger partial charge in [-0.1, -0.05) is 72.8 Å². The standard InChI is InChI=1S/C20H20OS/c1-20(21,14-19(22)16-9-3-2-4-10-16)18-13-7-11-15-8-5-6-12-17(15)18/h2-13,19,21-22H,14H2,1H3. The third-order valence-corrected chi connectivity index (χ3v) is 4.63. The van der Waals surface area contributed by atoms with Gasteiger partial charge in [0.2, 0.25) is 0 Å². The molecule has 0 aliphatic heterocycles. The Morgan fingerprint density at radius 2 is 1.55 bits per heavy atom. The molecule has 2 heteroatoms. The minimum Gasteiger partial charge on any atom is -0.385 e. The van der Waals surface area contributed by atoms with Gasteiger partial charge in [0.25, 0.3) is 0 Å². The second-order valence-corrected chi connectivity index (χ2v) is 6.55. The van der Waals surface area contributed by atoms with Gasteiger partial charge in [0.05, 0.1) is 5.60 Å². The zero-order valence-corrected chi connectivity index (χ0v) is 13.5. The molecule has 0 spiro atoms. The summed E-state index contributed by atoms with van der Waals surface area (Å²) >= 11 is 4.70. The summed E-state index contributed by atoms with van der Waals surface area (Å²) in [5, 5.41) is 13.3. The second kappa shape index (κ2) is 6.15. The van der Waals surface area contributed by atoms with E-state index in [-0.39, 0.29) is 5.25 Å². The lowest BCUT2D eigenvalue weighted by Crippen LogP contribution is -2.23. The Balaban J connectivity index is 1.95. The minimum absolute atomic E-state index is 0.00447. The van der Waals surface area contributed by atoms with Crippen molar-refractivity contribution in [3.05, 3.63) is 83.9 Å². The molecule has 0 aliphatic rings. The predicted molar refractivity (Wildman–Crippen MR) is 96.3 cm³/mol. The van der Waals surface area contributed by atoms with Crippen molar-refractivity contribution in [1.29, 1.82) is 0 Å². The molecule has 3 rings (SSSR count). The van der Waals surface area contributed by atoms with E-state index in [1.54, 1.807) is 0 Å². The van der Waals surface area contributed by atoms with E-state index in [4.69, 9.17) is 12.6 Å². The van der Waals surface area contributed by atoms with Crippen molar-refractivity contribution in [1.82, 2.24) is 0 Å². The van der Waals surface area contributed by atoms with Crippen LogP contribution in [-0.4, -0.2) is 5.11 Å². The van der Waals surface area contributed by atoms with Gasteiger partial charge in [-0.2, -0.15) is 12.6 Å². The maximum absolute atomic E-state index is 11.1. The Morgan fingerprint density at radius 3 is 2.32 bits per heavy atom. The predicted octanol–water partition coefficient (Wildman–Crippen LogP) is 5.11. The zero-order chi connectivity index (χ0) is 15.6. The lowest BCUT2D eigenvalue weighted by molar-refractivity contribution is 0.0489. The minimum atomic E-state index is -0.927. The highest BCUT2D eigenvalue weighted by Gasteiger charge is 2.28. The summed E-state index contributed by atoms with van der Waals surface area (Å²) in [5.74, 6) is 0. The lowest BCUT2D eigenvalue weighted by Gasteiger charge is -2.28. The first kappa shape index (κ1) is 15.1. The van der Waals surface area contributed by atoms with Crippen molar-refractivity contribution in [2.45, 2.75) is 24.2 Å². The van der Waals surface area contributed by atoms with E-state index in [0.29, 0.717) is 6.42 Å². The number of hydrogen-bond acceptors (Lipinski definition) is 2. The maximum atomic E-state index is 11.1. The summed E-state index contributed by atoms with van der Waals surface area (Å²) in [6.07, 6.45) is 0.564. The van der Waals surface area contributed by atoms with E-state index in [1.165, 1.54) is 0 Å². The second-order valence-electron chi connectivity index (χ2n) is 5.93. The molecule has 3 aromatic rings. The van der Waals surface area contributed by atoms with Gasteiger partial charge in [0, 0.05) is 5.25 Å². The number of fused-ring (bicyclic) bond motifs is 1. The van der Waals surface area contributed by atoms with Crippen molar-refractivity contribution in [2.75, 3.05) is 0 Å². The van der Waals surface area contributed by atoms with Crippen LogP contribution in [0.1, 0.15) is 29.7 Å². The van der Waals surface area contributed by atoms with Crippen molar-refractivity contribution in [3.63, 3.8) is 0 Å². The SMILES string of the molecule is CC(O)(CC(S)c1ccccc1)c1cccc2ccccc12. The highest BCUT2D eigenvalue weighted by molar-refractivity contribution is 7.80. The van der Waals surface area contributed by atoms with E-state index < -0.39 is 5.60 Å². The van der Waals surface area contributed by atoms with Gasteiger partial charge in [-0.15, -0.1) is 0 Å². The van der Waals surface area contributed by atoms with E-state index in [1.807, 2.05) is 49.4 Å². The summed E-state index contributed by atoms with van der Waals surface area (Å²) in [5.41, 5.74) is 1.16. The Labute approximate surface area is 137 Å². The van der Waals surface area contributed by atoms with Gasteiger partial charge in [-0.25, -0.2) is 0 Å². The largest absolute Gasteiger partial charge is 0.385 e. The van der Waals surface area contributed by atoms with Crippen molar-refractivity contribution in [2.24, 2.45) is 0 Å². The van der Waals surface area contributed by atoms with Crippen LogP contribution in [-0.2, 0) is 5.60 Å². The molecule has 22 heavy (non-hydrogen) atoms. The summed E-state index contributed by atoms with van der Waals surface area (Å²) in [6, 6.07) is 24.4. The normalized spacial score (nSPS) is 15.4. The molecule has 0 bridgehead atoms. The molecule has 112 valence electrons. The van der Waals surface area contributed by atoms with E-state index in [2.05, 4.69) is 30.3 Å². The lowest BCUT2D eigenvalue weighted by atomic mass is 9.86.